The second-order valence-electron chi connectivity index (χ2n) is 6.90. The summed E-state index contributed by atoms with van der Waals surface area (Å²) in [6.07, 6.45) is 4.76. The molecule has 1 aliphatic carbocycles. The van der Waals surface area contributed by atoms with Crippen molar-refractivity contribution < 1.29 is 9.90 Å². The predicted octanol–water partition coefficient (Wildman–Crippen LogP) is 2.84. The van der Waals surface area contributed by atoms with E-state index in [9.17, 15) is 9.90 Å². The summed E-state index contributed by atoms with van der Waals surface area (Å²) < 4.78 is 0. The molecule has 1 saturated heterocycles. The van der Waals surface area contributed by atoms with Crippen molar-refractivity contribution in [3.05, 3.63) is 60.4 Å². The minimum Gasteiger partial charge on any atom is -0.385 e. The van der Waals surface area contributed by atoms with Crippen molar-refractivity contribution >= 4 is 11.7 Å². The molecule has 0 spiro atoms. The zero-order chi connectivity index (χ0) is 16.6. The molecular weight excluding hydrogens is 302 g/mol. The number of pyridine rings is 1. The molecule has 1 saturated carbocycles. The molecule has 2 fully saturated rings. The van der Waals surface area contributed by atoms with Crippen LogP contribution < -0.4 is 5.32 Å². The molecule has 2 amide bonds. The normalized spacial score (nSPS) is 28.6. The molecule has 2 N–H and O–H groups in total. The van der Waals surface area contributed by atoms with Crippen molar-refractivity contribution in [2.75, 3.05) is 18.4 Å². The monoisotopic (exact) mass is 323 g/mol. The van der Waals surface area contributed by atoms with E-state index >= 15 is 0 Å². The lowest BCUT2D eigenvalue weighted by Gasteiger charge is -2.26. The molecule has 4 rings (SSSR count). The lowest BCUT2D eigenvalue weighted by atomic mass is 9.90. The van der Waals surface area contributed by atoms with Crippen molar-refractivity contribution in [2.24, 2.45) is 11.8 Å². The van der Waals surface area contributed by atoms with Crippen molar-refractivity contribution in [3.8, 4) is 0 Å². The molecule has 24 heavy (non-hydrogen) atoms. The third-order valence-corrected chi connectivity index (χ3v) is 5.29. The zero-order valence-electron chi connectivity index (χ0n) is 13.4. The van der Waals surface area contributed by atoms with Gasteiger partial charge >= 0.3 is 6.03 Å². The first-order valence-electron chi connectivity index (χ1n) is 8.38. The Balaban J connectivity index is 1.40. The van der Waals surface area contributed by atoms with Gasteiger partial charge in [-0.2, -0.15) is 0 Å². The second kappa shape index (κ2) is 5.91. The fraction of sp³-hybridized carbons (Fsp3) is 0.368. The van der Waals surface area contributed by atoms with E-state index in [1.807, 2.05) is 41.3 Å². The fourth-order valence-electron chi connectivity index (χ4n) is 4.14. The molecule has 1 unspecified atom stereocenters. The third-order valence-electron chi connectivity index (χ3n) is 5.29. The van der Waals surface area contributed by atoms with Gasteiger partial charge in [0.05, 0.1) is 17.5 Å². The molecule has 2 aliphatic rings. The number of carbonyl (C=O) groups is 1. The number of urea groups is 1. The SMILES string of the molecule is O=C(Nc1cccnc1)N1C[C@@H]2CC(O)(c3ccccc3)C[C@@H]2C1. The van der Waals surface area contributed by atoms with E-state index in [0.29, 0.717) is 30.6 Å². The number of nitrogens with zero attached hydrogens (tertiary/aromatic N) is 2. The van der Waals surface area contributed by atoms with E-state index in [0.717, 1.165) is 18.4 Å². The van der Waals surface area contributed by atoms with Gasteiger partial charge in [0, 0.05) is 19.3 Å². The first-order chi connectivity index (χ1) is 11.6. The van der Waals surface area contributed by atoms with Crippen LogP contribution in [0.2, 0.25) is 0 Å². The molecule has 124 valence electrons. The highest BCUT2D eigenvalue weighted by atomic mass is 16.3. The average molecular weight is 323 g/mol. The molecule has 5 heteroatoms. The van der Waals surface area contributed by atoms with Crippen LogP contribution in [0.1, 0.15) is 18.4 Å². The maximum atomic E-state index is 12.4. The van der Waals surface area contributed by atoms with Crippen LogP contribution in [0.15, 0.2) is 54.9 Å². The van der Waals surface area contributed by atoms with E-state index in [2.05, 4.69) is 10.3 Å². The van der Waals surface area contributed by atoms with E-state index in [-0.39, 0.29) is 6.03 Å². The molecule has 2 heterocycles. The van der Waals surface area contributed by atoms with Gasteiger partial charge in [0.15, 0.2) is 0 Å². The summed E-state index contributed by atoms with van der Waals surface area (Å²) in [6, 6.07) is 13.4. The van der Waals surface area contributed by atoms with Crippen LogP contribution in [-0.4, -0.2) is 34.1 Å². The Morgan fingerprint density at radius 3 is 2.46 bits per heavy atom. The molecule has 3 atom stereocenters. The molecular formula is C19H21N3O2. The van der Waals surface area contributed by atoms with Crippen LogP contribution in [0.4, 0.5) is 10.5 Å². The highest BCUT2D eigenvalue weighted by Gasteiger charge is 2.49. The van der Waals surface area contributed by atoms with E-state index in [4.69, 9.17) is 0 Å². The first-order valence-corrected chi connectivity index (χ1v) is 8.38. The molecule has 1 aromatic heterocycles. The van der Waals surface area contributed by atoms with Gasteiger partial charge < -0.3 is 15.3 Å². The largest absolute Gasteiger partial charge is 0.385 e. The van der Waals surface area contributed by atoms with Gasteiger partial charge in [0.2, 0.25) is 0 Å². The number of aromatic nitrogens is 1. The summed E-state index contributed by atoms with van der Waals surface area (Å²) in [6.45, 7) is 1.40. The number of nitrogens with one attached hydrogen (secondary N) is 1. The maximum absolute atomic E-state index is 12.4. The van der Waals surface area contributed by atoms with Gasteiger partial charge in [-0.3, -0.25) is 4.98 Å². The van der Waals surface area contributed by atoms with E-state index < -0.39 is 5.60 Å². The number of hydrogen-bond acceptors (Lipinski definition) is 3. The Morgan fingerprint density at radius 2 is 1.83 bits per heavy atom. The number of carbonyl (C=O) groups excluding carboxylic acids is 1. The van der Waals surface area contributed by atoms with Crippen LogP contribution in [-0.2, 0) is 5.60 Å². The van der Waals surface area contributed by atoms with Crippen LogP contribution >= 0.6 is 0 Å². The van der Waals surface area contributed by atoms with Crippen molar-refractivity contribution in [3.63, 3.8) is 0 Å². The number of amides is 2. The van der Waals surface area contributed by atoms with Crippen LogP contribution in [0.3, 0.4) is 0 Å². The van der Waals surface area contributed by atoms with Crippen LogP contribution in [0, 0.1) is 11.8 Å². The molecule has 1 aliphatic heterocycles. The number of aliphatic hydroxyl groups is 1. The quantitative estimate of drug-likeness (QED) is 0.893. The van der Waals surface area contributed by atoms with Gasteiger partial charge in [0.25, 0.3) is 0 Å². The van der Waals surface area contributed by atoms with Gasteiger partial charge in [-0.05, 0) is 42.4 Å². The molecule has 1 aromatic carbocycles. The first kappa shape index (κ1) is 15.1. The highest BCUT2D eigenvalue weighted by molar-refractivity contribution is 5.89. The predicted molar refractivity (Wildman–Crippen MR) is 91.4 cm³/mol. The molecule has 2 aromatic rings. The number of fused-ring (bicyclic) bond motifs is 1. The minimum atomic E-state index is -0.748. The smallest absolute Gasteiger partial charge is 0.321 e. The zero-order valence-corrected chi connectivity index (χ0v) is 13.4. The summed E-state index contributed by atoms with van der Waals surface area (Å²) in [4.78, 5) is 18.3. The highest BCUT2D eigenvalue weighted by Crippen LogP contribution is 2.48. The number of likely N-dealkylation sites (tertiary alicyclic amines) is 1. The summed E-state index contributed by atoms with van der Waals surface area (Å²) >= 11 is 0. The number of anilines is 1. The van der Waals surface area contributed by atoms with Crippen molar-refractivity contribution in [2.45, 2.75) is 18.4 Å². The third kappa shape index (κ3) is 2.76. The van der Waals surface area contributed by atoms with E-state index in [1.54, 1.807) is 18.5 Å². The number of hydrogen-bond donors (Lipinski definition) is 2. The summed E-state index contributed by atoms with van der Waals surface area (Å²) in [5.41, 5.74) is 0.953. The van der Waals surface area contributed by atoms with Crippen molar-refractivity contribution in [1.82, 2.24) is 9.88 Å². The number of rotatable bonds is 2. The molecule has 5 nitrogen and oxygen atoms in total. The lowest BCUT2D eigenvalue weighted by Crippen LogP contribution is -2.35. The van der Waals surface area contributed by atoms with Gasteiger partial charge in [-0.15, -0.1) is 0 Å². The van der Waals surface area contributed by atoms with Crippen LogP contribution in [0.25, 0.3) is 0 Å². The fourth-order valence-corrected chi connectivity index (χ4v) is 4.14. The molecule has 0 bridgehead atoms. The average Bonchev–Trinajstić information content (AvgIpc) is 3.12. The molecule has 0 radical (unpaired) electrons. The van der Waals surface area contributed by atoms with E-state index in [1.165, 1.54) is 0 Å². The lowest BCUT2D eigenvalue weighted by molar-refractivity contribution is 0.0328. The second-order valence-corrected chi connectivity index (χ2v) is 6.90. The maximum Gasteiger partial charge on any atom is 0.321 e. The van der Waals surface area contributed by atoms with Gasteiger partial charge in [0.1, 0.15) is 0 Å². The summed E-state index contributed by atoms with van der Waals surface area (Å²) in [7, 11) is 0. The topological polar surface area (TPSA) is 65.5 Å². The number of benzene rings is 1. The summed E-state index contributed by atoms with van der Waals surface area (Å²) in [5, 5.41) is 13.9. The minimum absolute atomic E-state index is 0.0827. The Kier molecular flexibility index (Phi) is 3.73. The Bertz CT molecular complexity index is 706. The summed E-state index contributed by atoms with van der Waals surface area (Å²) in [5.74, 6) is 0.713. The van der Waals surface area contributed by atoms with Gasteiger partial charge in [-0.1, -0.05) is 30.3 Å². The standard InChI is InChI=1S/C19H21N3O2/c23-18(21-17-7-4-8-20-11-17)22-12-14-9-19(24,10-15(14)13-22)16-5-2-1-3-6-16/h1-8,11,14-15,24H,9-10,12-13H2,(H,21,23)/t14-,15+,19?. The van der Waals surface area contributed by atoms with Crippen LogP contribution in [0.5, 0.6) is 0 Å². The Labute approximate surface area is 141 Å². The van der Waals surface area contributed by atoms with Gasteiger partial charge in [-0.25, -0.2) is 4.79 Å². The Hall–Kier alpha value is -2.40. The Morgan fingerprint density at radius 1 is 1.12 bits per heavy atom. The van der Waals surface area contributed by atoms with Crippen molar-refractivity contribution in [1.29, 1.82) is 0 Å².